The Kier molecular flexibility index (Phi) is 5.04. The highest BCUT2D eigenvalue weighted by Crippen LogP contribution is 2.29. The molecule has 2 aromatic carbocycles. The maximum Gasteiger partial charge on any atom is 0.350 e. The summed E-state index contributed by atoms with van der Waals surface area (Å²) in [5, 5.41) is 16.2. The van der Waals surface area contributed by atoms with Crippen molar-refractivity contribution in [3.8, 4) is 23.5 Å². The average molecular weight is 427 g/mol. The minimum atomic E-state index is -0.839. The zero-order chi connectivity index (χ0) is 22.1. The van der Waals surface area contributed by atoms with Gasteiger partial charge in [0.1, 0.15) is 24.0 Å². The van der Waals surface area contributed by atoms with Gasteiger partial charge in [0.25, 0.3) is 0 Å². The summed E-state index contributed by atoms with van der Waals surface area (Å²) >= 11 is 0. The highest BCUT2D eigenvalue weighted by atomic mass is 19.1. The van der Waals surface area contributed by atoms with Gasteiger partial charge in [-0.05, 0) is 31.2 Å². The van der Waals surface area contributed by atoms with E-state index in [1.54, 1.807) is 6.07 Å². The van der Waals surface area contributed by atoms with Gasteiger partial charge in [0.2, 0.25) is 0 Å². The number of hydrogen-bond acceptors (Lipinski definition) is 6. The highest BCUT2D eigenvalue weighted by Gasteiger charge is 2.18. The number of halogens is 3. The van der Waals surface area contributed by atoms with Crippen molar-refractivity contribution in [2.45, 2.75) is 13.5 Å². The smallest absolute Gasteiger partial charge is 0.350 e. The van der Waals surface area contributed by atoms with Crippen molar-refractivity contribution in [3.05, 3.63) is 87.5 Å². The second kappa shape index (κ2) is 7.83. The number of ether oxygens (including phenoxy) is 1. The Morgan fingerprint density at radius 1 is 1.16 bits per heavy atom. The minimum Gasteiger partial charge on any atom is -0.421 e. The lowest BCUT2D eigenvalue weighted by molar-refractivity contribution is 0.280. The molecule has 0 N–H and O–H groups in total. The van der Waals surface area contributed by atoms with Gasteiger partial charge in [0.05, 0.1) is 17.8 Å². The third-order valence-corrected chi connectivity index (χ3v) is 4.47. The van der Waals surface area contributed by atoms with E-state index in [1.165, 1.54) is 25.1 Å². The number of rotatable bonds is 5. The predicted octanol–water partition coefficient (Wildman–Crippen LogP) is 3.46. The van der Waals surface area contributed by atoms with Gasteiger partial charge in [-0.25, -0.2) is 18.0 Å². The highest BCUT2D eigenvalue weighted by molar-refractivity contribution is 5.41. The molecule has 0 saturated heterocycles. The summed E-state index contributed by atoms with van der Waals surface area (Å²) < 4.78 is 54.3. The standard InChI is InChI=1S/C20H12F3N5O3/c1-11-17(8-24)26-31-19(11)30-18-6-5-12(7-16(18)23)28-20(29)27(10-25-28)9-13-14(21)3-2-4-15(13)22/h2-7,10H,9H2,1H3. The molecule has 0 bridgehead atoms. The maximum atomic E-state index is 14.5. The number of hydrogen-bond donors (Lipinski definition) is 0. The van der Waals surface area contributed by atoms with Crippen LogP contribution in [0.4, 0.5) is 13.2 Å². The molecule has 0 amide bonds. The topological polar surface area (TPSA) is 98.9 Å². The molecule has 11 heteroatoms. The van der Waals surface area contributed by atoms with Gasteiger partial charge in [-0.2, -0.15) is 15.0 Å². The van der Waals surface area contributed by atoms with Crippen LogP contribution in [0.5, 0.6) is 11.7 Å². The van der Waals surface area contributed by atoms with Crippen LogP contribution in [0.3, 0.4) is 0 Å². The van der Waals surface area contributed by atoms with Crippen molar-refractivity contribution in [2.24, 2.45) is 0 Å². The lowest BCUT2D eigenvalue weighted by Crippen LogP contribution is -2.24. The molecule has 31 heavy (non-hydrogen) atoms. The van der Waals surface area contributed by atoms with Crippen molar-refractivity contribution in [1.82, 2.24) is 19.5 Å². The second-order valence-electron chi connectivity index (χ2n) is 6.43. The first-order chi connectivity index (χ1) is 14.9. The monoisotopic (exact) mass is 427 g/mol. The molecule has 2 aromatic heterocycles. The molecule has 4 aromatic rings. The maximum absolute atomic E-state index is 14.5. The molecule has 0 unspecified atom stereocenters. The first-order valence-electron chi connectivity index (χ1n) is 8.80. The Labute approximate surface area is 172 Å². The normalized spacial score (nSPS) is 10.8. The molecule has 0 saturated carbocycles. The van der Waals surface area contributed by atoms with Crippen LogP contribution in [0, 0.1) is 35.7 Å². The van der Waals surface area contributed by atoms with Crippen LogP contribution in [0.1, 0.15) is 16.8 Å². The molecule has 0 spiro atoms. The van der Waals surface area contributed by atoms with Crippen LogP contribution in [-0.4, -0.2) is 19.5 Å². The van der Waals surface area contributed by atoms with Gasteiger partial charge in [-0.15, -0.1) is 0 Å². The van der Waals surface area contributed by atoms with Gasteiger partial charge in [0.15, 0.2) is 17.3 Å². The van der Waals surface area contributed by atoms with E-state index in [4.69, 9.17) is 14.5 Å². The molecule has 0 aliphatic rings. The first-order valence-corrected chi connectivity index (χ1v) is 8.80. The van der Waals surface area contributed by atoms with Crippen LogP contribution >= 0.6 is 0 Å². The fourth-order valence-corrected chi connectivity index (χ4v) is 2.80. The van der Waals surface area contributed by atoms with E-state index in [1.807, 2.05) is 0 Å². The number of nitriles is 1. The van der Waals surface area contributed by atoms with Crippen LogP contribution < -0.4 is 10.4 Å². The number of aromatic nitrogens is 4. The molecule has 4 rings (SSSR count). The Hall–Kier alpha value is -4.33. The molecule has 2 heterocycles. The van der Waals surface area contributed by atoms with Gasteiger partial charge in [-0.3, -0.25) is 4.57 Å². The number of benzene rings is 2. The third kappa shape index (κ3) is 3.66. The Bertz CT molecular complexity index is 1360. The molecular formula is C20H12F3N5O3. The summed E-state index contributed by atoms with van der Waals surface area (Å²) in [6.07, 6.45) is 1.10. The fraction of sp³-hybridized carbons (Fsp3) is 0.100. The summed E-state index contributed by atoms with van der Waals surface area (Å²) in [4.78, 5) is 12.6. The Morgan fingerprint density at radius 3 is 2.55 bits per heavy atom. The van der Waals surface area contributed by atoms with E-state index in [2.05, 4.69) is 10.3 Å². The summed E-state index contributed by atoms with van der Waals surface area (Å²) in [6.45, 7) is 1.15. The lowest BCUT2D eigenvalue weighted by atomic mass is 10.2. The number of nitrogens with zero attached hydrogens (tertiary/aromatic N) is 5. The van der Waals surface area contributed by atoms with Crippen molar-refractivity contribution < 1.29 is 22.4 Å². The molecule has 156 valence electrons. The SMILES string of the molecule is Cc1c(C#N)noc1Oc1ccc(-n2ncn(Cc3c(F)cccc3F)c2=O)cc1F. The zero-order valence-electron chi connectivity index (χ0n) is 15.8. The largest absolute Gasteiger partial charge is 0.421 e. The summed E-state index contributed by atoms with van der Waals surface area (Å²) in [5.41, 5.74) is -0.634. The minimum absolute atomic E-state index is 0.00964. The summed E-state index contributed by atoms with van der Waals surface area (Å²) in [6, 6.07) is 8.77. The van der Waals surface area contributed by atoms with E-state index < -0.39 is 23.1 Å². The third-order valence-electron chi connectivity index (χ3n) is 4.47. The molecule has 0 aliphatic heterocycles. The van der Waals surface area contributed by atoms with Crippen molar-refractivity contribution in [2.75, 3.05) is 0 Å². The molecule has 0 aliphatic carbocycles. The van der Waals surface area contributed by atoms with Crippen LogP contribution in [-0.2, 0) is 6.54 Å². The van der Waals surface area contributed by atoms with E-state index in [9.17, 15) is 18.0 Å². The first kappa shape index (κ1) is 20.0. The van der Waals surface area contributed by atoms with E-state index in [0.29, 0.717) is 5.56 Å². The van der Waals surface area contributed by atoms with Gasteiger partial charge in [0, 0.05) is 11.6 Å². The van der Waals surface area contributed by atoms with Crippen molar-refractivity contribution in [3.63, 3.8) is 0 Å². The lowest BCUT2D eigenvalue weighted by Gasteiger charge is -2.06. The van der Waals surface area contributed by atoms with Crippen molar-refractivity contribution >= 4 is 0 Å². The summed E-state index contributed by atoms with van der Waals surface area (Å²) in [7, 11) is 0. The van der Waals surface area contributed by atoms with Crippen LogP contribution in [0.15, 0.2) is 52.0 Å². The van der Waals surface area contributed by atoms with E-state index >= 15 is 0 Å². The van der Waals surface area contributed by atoms with Gasteiger partial charge < -0.3 is 9.26 Å². The predicted molar refractivity (Wildman–Crippen MR) is 99.3 cm³/mol. The molecular weight excluding hydrogens is 415 g/mol. The molecule has 0 fully saturated rings. The van der Waals surface area contributed by atoms with Gasteiger partial charge >= 0.3 is 11.6 Å². The molecule has 0 radical (unpaired) electrons. The van der Waals surface area contributed by atoms with Crippen molar-refractivity contribution in [1.29, 1.82) is 5.26 Å². The second-order valence-corrected chi connectivity index (χ2v) is 6.43. The quantitative estimate of drug-likeness (QED) is 0.484. The fourth-order valence-electron chi connectivity index (χ4n) is 2.80. The van der Waals surface area contributed by atoms with E-state index in [0.717, 1.165) is 33.8 Å². The molecule has 8 nitrogen and oxygen atoms in total. The Balaban J connectivity index is 1.61. The van der Waals surface area contributed by atoms with Gasteiger partial charge in [-0.1, -0.05) is 11.2 Å². The van der Waals surface area contributed by atoms with Crippen LogP contribution in [0.25, 0.3) is 5.69 Å². The zero-order valence-corrected chi connectivity index (χ0v) is 15.8. The van der Waals surface area contributed by atoms with E-state index in [-0.39, 0.29) is 35.2 Å². The average Bonchev–Trinajstić information content (AvgIpc) is 3.28. The molecule has 0 atom stereocenters. The Morgan fingerprint density at radius 2 is 1.90 bits per heavy atom. The van der Waals surface area contributed by atoms with Crippen LogP contribution in [0.2, 0.25) is 0 Å². The summed E-state index contributed by atoms with van der Waals surface area (Å²) in [5.74, 6) is -2.80.